The topological polar surface area (TPSA) is 155 Å². The zero-order valence-electron chi connectivity index (χ0n) is 30.3. The van der Waals surface area contributed by atoms with Gasteiger partial charge in [0, 0.05) is 36.7 Å². The number of ether oxygens (including phenoxy) is 2. The van der Waals surface area contributed by atoms with Crippen LogP contribution in [-0.2, 0) is 27.5 Å². The number of nitrogens with two attached hydrogens (primary N) is 1. The summed E-state index contributed by atoms with van der Waals surface area (Å²) >= 11 is 0. The summed E-state index contributed by atoms with van der Waals surface area (Å²) in [6, 6.07) is 13.7. The molecule has 0 fully saturated rings. The number of hydrogen-bond acceptors (Lipinski definition) is 8. The Morgan fingerprint density at radius 3 is 2.55 bits per heavy atom. The first kappa shape index (κ1) is 36.9. The lowest BCUT2D eigenvalue weighted by molar-refractivity contribution is -0.133. The van der Waals surface area contributed by atoms with Gasteiger partial charge in [-0.05, 0) is 72.0 Å². The second-order valence-corrected chi connectivity index (χ2v) is 12.7. The Balaban J connectivity index is 1.32. The zero-order valence-corrected chi connectivity index (χ0v) is 30.3. The highest BCUT2D eigenvalue weighted by Gasteiger charge is 2.24. The quantitative estimate of drug-likeness (QED) is 0.120. The van der Waals surface area contributed by atoms with Crippen LogP contribution in [0.4, 0.5) is 4.79 Å². The van der Waals surface area contributed by atoms with Crippen molar-refractivity contribution in [1.82, 2.24) is 25.1 Å². The molecule has 0 unspecified atom stereocenters. The molecule has 0 radical (unpaired) electrons. The molecule has 2 heterocycles. The summed E-state index contributed by atoms with van der Waals surface area (Å²) in [5.41, 5.74) is 12.6. The van der Waals surface area contributed by atoms with Crippen LogP contribution in [0.1, 0.15) is 76.8 Å². The summed E-state index contributed by atoms with van der Waals surface area (Å²) in [5.74, 6) is 1.52. The van der Waals surface area contributed by atoms with E-state index in [-0.39, 0.29) is 18.4 Å². The molecule has 0 saturated heterocycles. The van der Waals surface area contributed by atoms with Crippen molar-refractivity contribution >= 4 is 51.6 Å². The summed E-state index contributed by atoms with van der Waals surface area (Å²) in [6.07, 6.45) is 6.03. The number of methoxy groups -OCH3 is 1. The lowest BCUT2D eigenvalue weighted by Gasteiger charge is -2.25. The fourth-order valence-corrected chi connectivity index (χ4v) is 6.38. The molecule has 1 aliphatic rings. The Morgan fingerprint density at radius 2 is 1.82 bits per heavy atom. The SMILES string of the molecule is CCCC(=O)N(CCC)Cc1nc2c(ccc3cc4c(cc32)OCc2cc(/C(N)=C/N=CCN(CCC)C(=O)[C@H](CC)NC(=O)OC)ccc2-4)[nH]1. The maximum Gasteiger partial charge on any atom is 0.407 e. The van der Waals surface area contributed by atoms with Gasteiger partial charge in [0.2, 0.25) is 11.8 Å². The molecule has 12 heteroatoms. The molecule has 1 aromatic heterocycles. The van der Waals surface area contributed by atoms with Gasteiger partial charge >= 0.3 is 6.09 Å². The number of nitrogens with one attached hydrogen (secondary N) is 2. The van der Waals surface area contributed by atoms with E-state index in [1.807, 2.05) is 43.9 Å². The molecule has 5 rings (SSSR count). The lowest BCUT2D eigenvalue weighted by Crippen LogP contribution is -2.49. The summed E-state index contributed by atoms with van der Waals surface area (Å²) in [7, 11) is 1.27. The third-order valence-electron chi connectivity index (χ3n) is 8.99. The number of aromatic amines is 1. The van der Waals surface area contributed by atoms with E-state index in [0.29, 0.717) is 44.8 Å². The van der Waals surface area contributed by atoms with Gasteiger partial charge in [-0.15, -0.1) is 0 Å². The first-order chi connectivity index (χ1) is 24.7. The number of imidazole rings is 1. The smallest absolute Gasteiger partial charge is 0.407 e. The molecule has 0 saturated carbocycles. The highest BCUT2D eigenvalue weighted by atomic mass is 16.5. The average Bonchev–Trinajstić information content (AvgIpc) is 3.56. The number of hydrogen-bond donors (Lipinski definition) is 3. The van der Waals surface area contributed by atoms with Crippen LogP contribution in [0.25, 0.3) is 38.6 Å². The lowest BCUT2D eigenvalue weighted by atomic mass is 9.92. The summed E-state index contributed by atoms with van der Waals surface area (Å²) in [4.78, 5) is 53.7. The molecular formula is C39H49N7O5. The van der Waals surface area contributed by atoms with Crippen molar-refractivity contribution in [2.75, 3.05) is 26.7 Å². The highest BCUT2D eigenvalue weighted by Crippen LogP contribution is 2.42. The van der Waals surface area contributed by atoms with E-state index >= 15 is 0 Å². The van der Waals surface area contributed by atoms with Crippen molar-refractivity contribution in [2.45, 2.75) is 79.0 Å². The van der Waals surface area contributed by atoms with Crippen molar-refractivity contribution in [3.05, 3.63) is 65.6 Å². The first-order valence-electron chi connectivity index (χ1n) is 17.8. The number of H-pyrrole nitrogens is 1. The van der Waals surface area contributed by atoms with Gasteiger partial charge in [-0.1, -0.05) is 45.9 Å². The van der Waals surface area contributed by atoms with Crippen molar-refractivity contribution < 1.29 is 23.9 Å². The monoisotopic (exact) mass is 695 g/mol. The minimum Gasteiger partial charge on any atom is -0.488 e. The number of amides is 3. The molecule has 270 valence electrons. The number of benzene rings is 3. The van der Waals surface area contributed by atoms with Gasteiger partial charge in [-0.2, -0.15) is 0 Å². The summed E-state index contributed by atoms with van der Waals surface area (Å²) in [5, 5.41) is 4.63. The minimum atomic E-state index is -0.673. The number of aromatic nitrogens is 2. The van der Waals surface area contributed by atoms with Crippen LogP contribution in [0.3, 0.4) is 0 Å². The first-order valence-corrected chi connectivity index (χ1v) is 17.8. The number of fused-ring (bicyclic) bond motifs is 6. The Morgan fingerprint density at radius 1 is 1.04 bits per heavy atom. The maximum absolute atomic E-state index is 13.0. The number of alkyl carbamates (subject to hydrolysis) is 1. The molecule has 3 amide bonds. The normalized spacial score (nSPS) is 13.1. The maximum atomic E-state index is 13.0. The molecule has 4 aromatic rings. The van der Waals surface area contributed by atoms with Gasteiger partial charge in [0.1, 0.15) is 24.2 Å². The van der Waals surface area contributed by atoms with Crippen molar-refractivity contribution in [3.63, 3.8) is 0 Å². The van der Waals surface area contributed by atoms with Gasteiger partial charge in [0.25, 0.3) is 0 Å². The van der Waals surface area contributed by atoms with Crippen LogP contribution in [0, 0.1) is 0 Å². The standard InChI is InChI=1S/C39H49N7O5/c1-6-10-36(47)46(17-8-3)23-35-42-33-14-12-25-20-30-28-13-11-26(19-27(28)24-51-34(30)21-29(25)37(33)44-35)31(40)22-41-15-18-45(16-7-2)38(48)32(9-4)43-39(49)50-5/h11-15,19-22,32H,6-10,16-18,23-24,40H2,1-5H3,(H,42,44)(H,43,49)/b31-22-,41-15?/t32-/m0/s1. The molecule has 12 nitrogen and oxygen atoms in total. The number of carbonyl (C=O) groups excluding carboxylic acids is 3. The zero-order chi connectivity index (χ0) is 36.5. The Bertz CT molecular complexity index is 1950. The van der Waals surface area contributed by atoms with Gasteiger partial charge < -0.3 is 35.3 Å². The van der Waals surface area contributed by atoms with Gasteiger partial charge in [0.15, 0.2) is 0 Å². The van der Waals surface area contributed by atoms with Gasteiger partial charge in [-0.25, -0.2) is 9.78 Å². The predicted octanol–water partition coefficient (Wildman–Crippen LogP) is 6.52. The van der Waals surface area contributed by atoms with Crippen molar-refractivity contribution in [3.8, 4) is 16.9 Å². The Kier molecular flexibility index (Phi) is 12.3. The Labute approximate surface area is 299 Å². The predicted molar refractivity (Wildman–Crippen MR) is 201 cm³/mol. The van der Waals surface area contributed by atoms with E-state index in [1.54, 1.807) is 17.3 Å². The molecular weight excluding hydrogens is 646 g/mol. The number of rotatable bonds is 15. The van der Waals surface area contributed by atoms with Gasteiger partial charge in [-0.3, -0.25) is 14.6 Å². The number of nitrogens with zero attached hydrogens (tertiary/aromatic N) is 4. The number of carbonyl (C=O) groups is 3. The molecule has 0 spiro atoms. The number of aliphatic imine (C=N–C) groups is 1. The fourth-order valence-electron chi connectivity index (χ4n) is 6.38. The van der Waals surface area contributed by atoms with E-state index in [0.717, 1.165) is 74.9 Å². The van der Waals surface area contributed by atoms with Crippen LogP contribution in [0.15, 0.2) is 53.7 Å². The largest absolute Gasteiger partial charge is 0.488 e. The van der Waals surface area contributed by atoms with Crippen LogP contribution >= 0.6 is 0 Å². The molecule has 51 heavy (non-hydrogen) atoms. The van der Waals surface area contributed by atoms with Crippen LogP contribution in [0.2, 0.25) is 0 Å². The van der Waals surface area contributed by atoms with Crippen molar-refractivity contribution in [2.24, 2.45) is 10.7 Å². The van der Waals surface area contributed by atoms with Crippen molar-refractivity contribution in [1.29, 1.82) is 0 Å². The fraction of sp³-hybridized carbons (Fsp3) is 0.410. The van der Waals surface area contributed by atoms with Crippen LogP contribution in [-0.4, -0.2) is 76.7 Å². The summed E-state index contributed by atoms with van der Waals surface area (Å²) in [6.45, 7) is 10.3. The van der Waals surface area contributed by atoms with E-state index in [4.69, 9.17) is 15.5 Å². The van der Waals surface area contributed by atoms with Crippen LogP contribution < -0.4 is 15.8 Å². The second kappa shape index (κ2) is 17.0. The molecule has 1 atom stereocenters. The second-order valence-electron chi connectivity index (χ2n) is 12.7. The third-order valence-corrected chi connectivity index (χ3v) is 8.99. The molecule has 4 N–H and O–H groups in total. The average molecular weight is 696 g/mol. The van der Waals surface area contributed by atoms with E-state index in [9.17, 15) is 14.4 Å². The van der Waals surface area contributed by atoms with E-state index < -0.39 is 12.1 Å². The third kappa shape index (κ3) is 8.50. The minimum absolute atomic E-state index is 0.152. The Hall–Kier alpha value is -5.39. The molecule has 0 aliphatic carbocycles. The van der Waals surface area contributed by atoms with Gasteiger partial charge in [0.05, 0.1) is 43.1 Å². The molecule has 3 aromatic carbocycles. The molecule has 0 bridgehead atoms. The highest BCUT2D eigenvalue weighted by molar-refractivity contribution is 6.07. The van der Waals surface area contributed by atoms with E-state index in [1.165, 1.54) is 7.11 Å². The van der Waals surface area contributed by atoms with E-state index in [2.05, 4.69) is 51.2 Å². The van der Waals surface area contributed by atoms with Crippen LogP contribution in [0.5, 0.6) is 5.75 Å². The summed E-state index contributed by atoms with van der Waals surface area (Å²) < 4.78 is 10.9. The molecule has 1 aliphatic heterocycles.